The lowest BCUT2D eigenvalue weighted by Crippen LogP contribution is -2.10. The van der Waals surface area contributed by atoms with Crippen LogP contribution in [0, 0.1) is 0 Å². The van der Waals surface area contributed by atoms with Gasteiger partial charge in [0.2, 0.25) is 0 Å². The lowest BCUT2D eigenvalue weighted by atomic mass is 10.0. The van der Waals surface area contributed by atoms with Crippen molar-refractivity contribution in [3.63, 3.8) is 0 Å². The maximum Gasteiger partial charge on any atom is 0.0622 e. The number of rotatable bonds is 4. The van der Waals surface area contributed by atoms with Crippen molar-refractivity contribution < 1.29 is 0 Å². The second kappa shape index (κ2) is 9.32. The van der Waals surface area contributed by atoms with Crippen molar-refractivity contribution in [2.45, 2.75) is 6.42 Å². The minimum Gasteiger partial charge on any atom is -0.310 e. The van der Waals surface area contributed by atoms with Crippen LogP contribution in [-0.4, -0.2) is 4.40 Å². The van der Waals surface area contributed by atoms with E-state index in [0.717, 1.165) is 17.8 Å². The number of anilines is 3. The Morgan fingerprint density at radius 3 is 1.71 bits per heavy atom. The van der Waals surface area contributed by atoms with E-state index in [4.69, 9.17) is 0 Å². The van der Waals surface area contributed by atoms with Crippen LogP contribution >= 0.6 is 0 Å². The first-order valence-electron chi connectivity index (χ1n) is 15.7. The molecule has 2 nitrogen and oxygen atoms in total. The fraction of sp³-hybridized carbons (Fsp3) is 0.0233. The molecule has 0 bridgehead atoms. The minimum atomic E-state index is 0.990. The Kier molecular flexibility index (Phi) is 5.09. The second-order valence-electron chi connectivity index (χ2n) is 12.2. The molecule has 0 fully saturated rings. The van der Waals surface area contributed by atoms with Gasteiger partial charge >= 0.3 is 0 Å². The zero-order chi connectivity index (χ0) is 29.5. The van der Waals surface area contributed by atoms with E-state index in [1.165, 1.54) is 77.2 Å². The highest BCUT2D eigenvalue weighted by atomic mass is 15.1. The molecule has 0 saturated carbocycles. The molecular formula is C43H28N2. The topological polar surface area (TPSA) is 7.65 Å². The summed E-state index contributed by atoms with van der Waals surface area (Å²) < 4.78 is 2.45. The number of benzene rings is 7. The molecular weight excluding hydrogens is 544 g/mol. The zero-order valence-corrected chi connectivity index (χ0v) is 24.6. The Labute approximate surface area is 261 Å². The van der Waals surface area contributed by atoms with Gasteiger partial charge in [-0.1, -0.05) is 109 Å². The van der Waals surface area contributed by atoms with E-state index in [-0.39, 0.29) is 0 Å². The van der Waals surface area contributed by atoms with E-state index in [0.29, 0.717) is 0 Å². The summed E-state index contributed by atoms with van der Waals surface area (Å²) in [7, 11) is 0. The first-order chi connectivity index (χ1) is 22.3. The molecule has 0 spiro atoms. The Morgan fingerprint density at radius 2 is 0.978 bits per heavy atom. The van der Waals surface area contributed by atoms with Gasteiger partial charge in [0.1, 0.15) is 0 Å². The predicted octanol–water partition coefficient (Wildman–Crippen LogP) is 11.5. The summed E-state index contributed by atoms with van der Waals surface area (Å²) in [5, 5.41) is 5.14. The third-order valence-electron chi connectivity index (χ3n) is 9.72. The van der Waals surface area contributed by atoms with Gasteiger partial charge < -0.3 is 9.30 Å². The van der Waals surface area contributed by atoms with Crippen molar-refractivity contribution in [3.05, 3.63) is 169 Å². The van der Waals surface area contributed by atoms with Gasteiger partial charge in [0, 0.05) is 38.6 Å². The molecule has 0 aliphatic heterocycles. The van der Waals surface area contributed by atoms with Crippen LogP contribution in [0.1, 0.15) is 11.1 Å². The van der Waals surface area contributed by atoms with Crippen molar-refractivity contribution in [3.8, 4) is 22.3 Å². The number of nitrogens with zero attached hydrogens (tertiary/aromatic N) is 2. The van der Waals surface area contributed by atoms with E-state index in [1.54, 1.807) is 0 Å². The van der Waals surface area contributed by atoms with Crippen molar-refractivity contribution in [1.82, 2.24) is 4.40 Å². The van der Waals surface area contributed by atoms with Gasteiger partial charge in [0.15, 0.2) is 0 Å². The summed E-state index contributed by atoms with van der Waals surface area (Å²) in [6.45, 7) is 0. The lowest BCUT2D eigenvalue weighted by molar-refractivity contribution is 1.25. The first kappa shape index (κ1) is 24.6. The van der Waals surface area contributed by atoms with Crippen molar-refractivity contribution in [1.29, 1.82) is 0 Å². The maximum atomic E-state index is 2.45. The molecule has 9 aromatic rings. The van der Waals surface area contributed by atoms with Crippen LogP contribution in [0.5, 0.6) is 0 Å². The van der Waals surface area contributed by atoms with E-state index < -0.39 is 0 Å². The quantitative estimate of drug-likeness (QED) is 0.204. The highest BCUT2D eigenvalue weighted by Crippen LogP contribution is 2.46. The highest BCUT2D eigenvalue weighted by Gasteiger charge is 2.24. The number of hydrogen-bond donors (Lipinski definition) is 0. The zero-order valence-electron chi connectivity index (χ0n) is 24.6. The predicted molar refractivity (Wildman–Crippen MR) is 189 cm³/mol. The molecule has 2 heteroatoms. The number of fused-ring (bicyclic) bond motifs is 9. The third-order valence-corrected chi connectivity index (χ3v) is 9.72. The summed E-state index contributed by atoms with van der Waals surface area (Å²) in [5.74, 6) is 0. The van der Waals surface area contributed by atoms with E-state index in [2.05, 4.69) is 167 Å². The molecule has 2 aromatic heterocycles. The first-order valence-corrected chi connectivity index (χ1v) is 15.7. The van der Waals surface area contributed by atoms with E-state index in [9.17, 15) is 0 Å². The lowest BCUT2D eigenvalue weighted by Gasteiger charge is -2.27. The van der Waals surface area contributed by atoms with E-state index >= 15 is 0 Å². The average Bonchev–Trinajstić information content (AvgIpc) is 3.76. The van der Waals surface area contributed by atoms with Crippen molar-refractivity contribution in [2.75, 3.05) is 4.90 Å². The van der Waals surface area contributed by atoms with Crippen LogP contribution in [0.4, 0.5) is 17.1 Å². The van der Waals surface area contributed by atoms with Gasteiger partial charge in [-0.3, -0.25) is 0 Å². The highest BCUT2D eigenvalue weighted by molar-refractivity contribution is 6.24. The summed E-state index contributed by atoms with van der Waals surface area (Å²) in [5.41, 5.74) is 15.2. The van der Waals surface area contributed by atoms with Crippen LogP contribution in [0.15, 0.2) is 158 Å². The molecule has 10 rings (SSSR count). The van der Waals surface area contributed by atoms with Crippen molar-refractivity contribution >= 4 is 55.2 Å². The Balaban J connectivity index is 1.24. The molecule has 0 N–H and O–H groups in total. The summed E-state index contributed by atoms with van der Waals surface area (Å²) in [4.78, 5) is 2.44. The van der Waals surface area contributed by atoms with Crippen LogP contribution < -0.4 is 4.90 Å². The standard InChI is InChI=1S/C43H28N2/c1-2-10-28(11-3-1)29-18-21-32(22-19-29)44(33-23-20-31-24-30-12-4-5-13-35(30)38(31)25-33)34-26-39-36-14-6-8-16-41(36)45-42-17-9-7-15-37(42)40(27-34)43(39)45/h1-23,25-27H,24H2. The second-order valence-corrected chi connectivity index (χ2v) is 12.2. The molecule has 1 aliphatic rings. The van der Waals surface area contributed by atoms with Gasteiger partial charge in [-0.25, -0.2) is 0 Å². The molecule has 7 aromatic carbocycles. The van der Waals surface area contributed by atoms with Gasteiger partial charge in [0.05, 0.1) is 16.6 Å². The van der Waals surface area contributed by atoms with Crippen LogP contribution in [-0.2, 0) is 6.42 Å². The Bertz CT molecular complexity index is 2470. The Hall–Kier alpha value is -5.86. The van der Waals surface area contributed by atoms with E-state index in [1.807, 2.05) is 0 Å². The van der Waals surface area contributed by atoms with Crippen molar-refractivity contribution in [2.24, 2.45) is 0 Å². The molecule has 0 amide bonds. The molecule has 0 saturated heterocycles. The summed E-state index contributed by atoms with van der Waals surface area (Å²) >= 11 is 0. The van der Waals surface area contributed by atoms with Crippen LogP contribution in [0.2, 0.25) is 0 Å². The van der Waals surface area contributed by atoms with Gasteiger partial charge in [-0.15, -0.1) is 0 Å². The largest absolute Gasteiger partial charge is 0.310 e. The number of para-hydroxylation sites is 2. The molecule has 0 radical (unpaired) electrons. The molecule has 45 heavy (non-hydrogen) atoms. The summed E-state index contributed by atoms with van der Waals surface area (Å²) in [6.07, 6.45) is 0.990. The fourth-order valence-corrected chi connectivity index (χ4v) is 7.69. The molecule has 0 atom stereocenters. The summed E-state index contributed by atoms with van der Waals surface area (Å²) in [6, 6.07) is 58.0. The van der Waals surface area contributed by atoms with Crippen LogP contribution in [0.3, 0.4) is 0 Å². The molecule has 1 aliphatic carbocycles. The number of aromatic nitrogens is 1. The monoisotopic (exact) mass is 572 g/mol. The van der Waals surface area contributed by atoms with Gasteiger partial charge in [-0.2, -0.15) is 0 Å². The fourth-order valence-electron chi connectivity index (χ4n) is 7.69. The van der Waals surface area contributed by atoms with Crippen LogP contribution in [0.25, 0.3) is 60.3 Å². The maximum absolute atomic E-state index is 2.45. The van der Waals surface area contributed by atoms with Gasteiger partial charge in [-0.05, 0) is 88.3 Å². The molecule has 210 valence electrons. The normalized spacial score (nSPS) is 12.4. The SMILES string of the molecule is c1ccc(-c2ccc(N(c3ccc4c(c3)-c3ccccc3C4)c3cc4c5ccccc5n5c6ccccc6c(c3)c45)cc2)cc1. The third kappa shape index (κ3) is 3.57. The smallest absolute Gasteiger partial charge is 0.0622 e. The van der Waals surface area contributed by atoms with Gasteiger partial charge in [0.25, 0.3) is 0 Å². The molecule has 2 heterocycles. The minimum absolute atomic E-state index is 0.990. The number of hydrogen-bond acceptors (Lipinski definition) is 1. The average molecular weight is 573 g/mol. The molecule has 0 unspecified atom stereocenters. The Morgan fingerprint density at radius 1 is 0.400 bits per heavy atom.